The van der Waals surface area contributed by atoms with Gasteiger partial charge in [-0.15, -0.1) is 0 Å². The van der Waals surface area contributed by atoms with E-state index in [0.29, 0.717) is 0 Å². The SMILES string of the molecule is CNCC1(C(c2cc(Br)ccc2F)N(C)C)CC1. The predicted octanol–water partition coefficient (Wildman–Crippen LogP) is 3.19. The fourth-order valence-electron chi connectivity index (χ4n) is 2.94. The number of hydrogen-bond acceptors (Lipinski definition) is 2. The summed E-state index contributed by atoms with van der Waals surface area (Å²) >= 11 is 3.44. The van der Waals surface area contributed by atoms with Gasteiger partial charge in [0.25, 0.3) is 0 Å². The summed E-state index contributed by atoms with van der Waals surface area (Å²) < 4.78 is 15.0. The largest absolute Gasteiger partial charge is 0.319 e. The second-order valence-corrected chi connectivity index (χ2v) is 6.34. The topological polar surface area (TPSA) is 15.3 Å². The number of halogens is 2. The second-order valence-electron chi connectivity index (χ2n) is 5.42. The summed E-state index contributed by atoms with van der Waals surface area (Å²) in [6, 6.07) is 5.34. The third-order valence-corrected chi connectivity index (χ3v) is 4.26. The van der Waals surface area contributed by atoms with Crippen LogP contribution >= 0.6 is 15.9 Å². The molecule has 18 heavy (non-hydrogen) atoms. The molecule has 4 heteroatoms. The lowest BCUT2D eigenvalue weighted by atomic mass is 9.88. The normalized spacial score (nSPS) is 19.0. The Balaban J connectivity index is 2.39. The molecule has 0 radical (unpaired) electrons. The zero-order chi connectivity index (χ0) is 13.3. The molecule has 1 aromatic rings. The van der Waals surface area contributed by atoms with Crippen LogP contribution in [0.3, 0.4) is 0 Å². The molecule has 2 rings (SSSR count). The van der Waals surface area contributed by atoms with Crippen molar-refractivity contribution in [2.45, 2.75) is 18.9 Å². The average Bonchev–Trinajstić information content (AvgIpc) is 3.04. The third-order valence-electron chi connectivity index (χ3n) is 3.77. The monoisotopic (exact) mass is 314 g/mol. The summed E-state index contributed by atoms with van der Waals surface area (Å²) in [7, 11) is 6.02. The van der Waals surface area contributed by atoms with E-state index in [-0.39, 0.29) is 17.3 Å². The highest BCUT2D eigenvalue weighted by Crippen LogP contribution is 2.56. The summed E-state index contributed by atoms with van der Waals surface area (Å²) in [5.74, 6) is -0.112. The standard InChI is InChI=1S/C14H20BrFN2/c1-17-9-14(6-7-14)13(18(2)3)11-8-10(15)4-5-12(11)16/h4-5,8,13,17H,6-7,9H2,1-3H3. The number of nitrogens with zero attached hydrogens (tertiary/aromatic N) is 1. The van der Waals surface area contributed by atoms with Crippen molar-refractivity contribution in [2.75, 3.05) is 27.7 Å². The fraction of sp³-hybridized carbons (Fsp3) is 0.571. The van der Waals surface area contributed by atoms with Crippen LogP contribution in [0.2, 0.25) is 0 Å². The first-order valence-electron chi connectivity index (χ1n) is 6.26. The first kappa shape index (κ1) is 14.0. The molecule has 1 aromatic carbocycles. The molecule has 0 bridgehead atoms. The number of benzene rings is 1. The molecule has 0 amide bonds. The zero-order valence-electron chi connectivity index (χ0n) is 11.1. The molecule has 1 atom stereocenters. The predicted molar refractivity (Wildman–Crippen MR) is 76.1 cm³/mol. The Bertz CT molecular complexity index is 430. The van der Waals surface area contributed by atoms with E-state index in [1.54, 1.807) is 12.1 Å². The van der Waals surface area contributed by atoms with Crippen molar-refractivity contribution < 1.29 is 4.39 Å². The molecule has 1 N–H and O–H groups in total. The van der Waals surface area contributed by atoms with Crippen LogP contribution in [0.1, 0.15) is 24.4 Å². The van der Waals surface area contributed by atoms with E-state index >= 15 is 0 Å². The summed E-state index contributed by atoms with van der Waals surface area (Å²) in [6.07, 6.45) is 2.31. The Labute approximate surface area is 117 Å². The van der Waals surface area contributed by atoms with Crippen molar-refractivity contribution in [2.24, 2.45) is 5.41 Å². The summed E-state index contributed by atoms with van der Waals surface area (Å²) in [6.45, 7) is 0.932. The Morgan fingerprint density at radius 1 is 1.44 bits per heavy atom. The molecule has 1 aliphatic carbocycles. The van der Waals surface area contributed by atoms with Gasteiger partial charge in [-0.2, -0.15) is 0 Å². The van der Waals surface area contributed by atoms with Gasteiger partial charge in [-0.3, -0.25) is 0 Å². The fourth-order valence-corrected chi connectivity index (χ4v) is 3.32. The molecule has 0 aromatic heterocycles. The van der Waals surface area contributed by atoms with E-state index in [2.05, 4.69) is 26.1 Å². The minimum absolute atomic E-state index is 0.112. The lowest BCUT2D eigenvalue weighted by Gasteiger charge is -2.33. The lowest BCUT2D eigenvalue weighted by Crippen LogP contribution is -2.35. The van der Waals surface area contributed by atoms with Gasteiger partial charge in [-0.05, 0) is 52.2 Å². The van der Waals surface area contributed by atoms with Gasteiger partial charge in [-0.25, -0.2) is 4.39 Å². The van der Waals surface area contributed by atoms with Gasteiger partial charge in [0.15, 0.2) is 0 Å². The molecular formula is C14H20BrFN2. The highest BCUT2D eigenvalue weighted by atomic mass is 79.9. The molecule has 1 aliphatic rings. The number of hydrogen-bond donors (Lipinski definition) is 1. The van der Waals surface area contributed by atoms with Crippen molar-refractivity contribution >= 4 is 15.9 Å². The molecule has 1 unspecified atom stereocenters. The molecular weight excluding hydrogens is 295 g/mol. The van der Waals surface area contributed by atoms with Crippen LogP contribution in [-0.4, -0.2) is 32.6 Å². The van der Waals surface area contributed by atoms with Gasteiger partial charge < -0.3 is 10.2 Å². The number of nitrogens with one attached hydrogen (secondary N) is 1. The van der Waals surface area contributed by atoms with Crippen molar-refractivity contribution in [3.8, 4) is 0 Å². The maximum Gasteiger partial charge on any atom is 0.128 e. The molecule has 0 spiro atoms. The Morgan fingerprint density at radius 2 is 2.11 bits per heavy atom. The van der Waals surface area contributed by atoms with E-state index in [9.17, 15) is 4.39 Å². The maximum atomic E-state index is 14.1. The molecule has 1 saturated carbocycles. The van der Waals surface area contributed by atoms with E-state index in [1.807, 2.05) is 27.2 Å². The van der Waals surface area contributed by atoms with Crippen LogP contribution < -0.4 is 5.32 Å². The van der Waals surface area contributed by atoms with Crippen molar-refractivity contribution in [1.82, 2.24) is 10.2 Å². The zero-order valence-corrected chi connectivity index (χ0v) is 12.7. The van der Waals surface area contributed by atoms with Crippen LogP contribution in [0.25, 0.3) is 0 Å². The molecule has 2 nitrogen and oxygen atoms in total. The van der Waals surface area contributed by atoms with Crippen LogP contribution in [0, 0.1) is 11.2 Å². The van der Waals surface area contributed by atoms with Gasteiger partial charge >= 0.3 is 0 Å². The maximum absolute atomic E-state index is 14.1. The van der Waals surface area contributed by atoms with Gasteiger partial charge in [0.05, 0.1) is 0 Å². The summed E-state index contributed by atoms with van der Waals surface area (Å²) in [4.78, 5) is 2.13. The minimum Gasteiger partial charge on any atom is -0.319 e. The molecule has 0 heterocycles. The van der Waals surface area contributed by atoms with Crippen LogP contribution in [0.5, 0.6) is 0 Å². The van der Waals surface area contributed by atoms with Gasteiger partial charge in [0.2, 0.25) is 0 Å². The van der Waals surface area contributed by atoms with Crippen molar-refractivity contribution in [3.05, 3.63) is 34.1 Å². The Hall–Kier alpha value is -0.450. The highest BCUT2D eigenvalue weighted by Gasteiger charge is 2.50. The smallest absolute Gasteiger partial charge is 0.128 e. The second kappa shape index (κ2) is 5.27. The Morgan fingerprint density at radius 3 is 2.61 bits per heavy atom. The van der Waals surface area contributed by atoms with Crippen molar-refractivity contribution in [3.63, 3.8) is 0 Å². The average molecular weight is 315 g/mol. The van der Waals surface area contributed by atoms with E-state index in [4.69, 9.17) is 0 Å². The lowest BCUT2D eigenvalue weighted by molar-refractivity contribution is 0.186. The van der Waals surface area contributed by atoms with Crippen LogP contribution in [0.4, 0.5) is 4.39 Å². The van der Waals surface area contributed by atoms with Gasteiger partial charge in [0.1, 0.15) is 5.82 Å². The molecule has 100 valence electrons. The molecule has 0 aliphatic heterocycles. The minimum atomic E-state index is -0.112. The van der Waals surface area contributed by atoms with Crippen molar-refractivity contribution in [1.29, 1.82) is 0 Å². The third kappa shape index (κ3) is 2.60. The van der Waals surface area contributed by atoms with Gasteiger partial charge in [0, 0.05) is 28.0 Å². The summed E-state index contributed by atoms with van der Waals surface area (Å²) in [5.41, 5.74) is 0.974. The first-order valence-corrected chi connectivity index (χ1v) is 7.05. The first-order chi connectivity index (χ1) is 8.50. The quantitative estimate of drug-likeness (QED) is 0.898. The number of rotatable bonds is 5. The summed E-state index contributed by atoms with van der Waals surface area (Å²) in [5, 5.41) is 3.25. The van der Waals surface area contributed by atoms with Crippen LogP contribution in [0.15, 0.2) is 22.7 Å². The van der Waals surface area contributed by atoms with E-state index < -0.39 is 0 Å². The van der Waals surface area contributed by atoms with E-state index in [1.165, 1.54) is 0 Å². The highest BCUT2D eigenvalue weighted by molar-refractivity contribution is 9.10. The molecule has 1 fully saturated rings. The van der Waals surface area contributed by atoms with Crippen LogP contribution in [-0.2, 0) is 0 Å². The molecule has 0 saturated heterocycles. The van der Waals surface area contributed by atoms with E-state index in [0.717, 1.165) is 29.4 Å². The van der Waals surface area contributed by atoms with Gasteiger partial charge in [-0.1, -0.05) is 15.9 Å². The Kier molecular flexibility index (Phi) is 4.09.